The summed E-state index contributed by atoms with van der Waals surface area (Å²) in [7, 11) is 1.76. The number of hydrogen-bond acceptors (Lipinski definition) is 2. The Morgan fingerprint density at radius 2 is 1.96 bits per heavy atom. The van der Waals surface area contributed by atoms with Crippen LogP contribution in [0.4, 0.5) is 0 Å². The monoisotopic (exact) mass is 444 g/mol. The topological polar surface area (TPSA) is 65.5 Å². The summed E-state index contributed by atoms with van der Waals surface area (Å²) in [6, 6.07) is 8.58. The lowest BCUT2D eigenvalue weighted by Gasteiger charge is -2.17. The Hall–Kier alpha value is -1.31. The Morgan fingerprint density at radius 1 is 1.25 bits per heavy atom. The van der Waals surface area contributed by atoms with E-state index in [1.807, 2.05) is 0 Å². The van der Waals surface area contributed by atoms with Crippen molar-refractivity contribution in [1.29, 1.82) is 0 Å². The molecule has 0 radical (unpaired) electrons. The SMILES string of the molecule is CN=C(NCCNC(=O)C1CC1)NCC(C)c1cccc(C)c1.I. The van der Waals surface area contributed by atoms with E-state index in [1.165, 1.54) is 11.1 Å². The second-order valence-electron chi connectivity index (χ2n) is 6.26. The average molecular weight is 444 g/mol. The molecule has 1 aromatic rings. The molecule has 1 unspecified atom stereocenters. The van der Waals surface area contributed by atoms with Gasteiger partial charge in [0.25, 0.3) is 0 Å². The molecule has 5 nitrogen and oxygen atoms in total. The summed E-state index contributed by atoms with van der Waals surface area (Å²) in [6.45, 7) is 6.43. The molecule has 1 aromatic carbocycles. The first-order valence-corrected chi connectivity index (χ1v) is 8.39. The van der Waals surface area contributed by atoms with Gasteiger partial charge in [0, 0.05) is 32.6 Å². The van der Waals surface area contributed by atoms with Gasteiger partial charge in [-0.3, -0.25) is 9.79 Å². The zero-order valence-corrected chi connectivity index (χ0v) is 17.1. The predicted molar refractivity (Wildman–Crippen MR) is 110 cm³/mol. The number of guanidine groups is 1. The molecule has 2 rings (SSSR count). The van der Waals surface area contributed by atoms with E-state index in [-0.39, 0.29) is 35.8 Å². The first-order valence-electron chi connectivity index (χ1n) is 8.39. The number of nitrogens with zero attached hydrogens (tertiary/aromatic N) is 1. The molecule has 0 bridgehead atoms. The van der Waals surface area contributed by atoms with Crippen LogP contribution in [-0.2, 0) is 4.79 Å². The highest BCUT2D eigenvalue weighted by molar-refractivity contribution is 14.0. The molecule has 3 N–H and O–H groups in total. The molecule has 1 aliphatic carbocycles. The molecule has 1 saturated carbocycles. The van der Waals surface area contributed by atoms with E-state index in [0.717, 1.165) is 25.3 Å². The van der Waals surface area contributed by atoms with Crippen LogP contribution in [0.5, 0.6) is 0 Å². The number of benzene rings is 1. The summed E-state index contributed by atoms with van der Waals surface area (Å²) in [5, 5.41) is 9.50. The minimum Gasteiger partial charge on any atom is -0.356 e. The molecule has 1 atom stereocenters. The molecule has 0 spiro atoms. The fraction of sp³-hybridized carbons (Fsp3) is 0.556. The maximum Gasteiger partial charge on any atom is 0.223 e. The number of carbonyl (C=O) groups is 1. The van der Waals surface area contributed by atoms with Gasteiger partial charge in [-0.2, -0.15) is 0 Å². The number of rotatable bonds is 7. The average Bonchev–Trinajstić information content (AvgIpc) is 3.38. The Bertz CT molecular complexity index is 558. The highest BCUT2D eigenvalue weighted by atomic mass is 127. The van der Waals surface area contributed by atoms with Crippen molar-refractivity contribution >= 4 is 35.8 Å². The van der Waals surface area contributed by atoms with Crippen molar-refractivity contribution in [2.75, 3.05) is 26.7 Å². The first kappa shape index (κ1) is 20.7. The van der Waals surface area contributed by atoms with Crippen molar-refractivity contribution in [2.45, 2.75) is 32.6 Å². The van der Waals surface area contributed by atoms with Gasteiger partial charge in [0.2, 0.25) is 5.91 Å². The van der Waals surface area contributed by atoms with E-state index in [9.17, 15) is 4.79 Å². The number of aryl methyl sites for hydroxylation is 1. The number of nitrogens with one attached hydrogen (secondary N) is 3. The molecule has 0 heterocycles. The third-order valence-electron chi connectivity index (χ3n) is 4.08. The highest BCUT2D eigenvalue weighted by Gasteiger charge is 2.28. The summed E-state index contributed by atoms with van der Waals surface area (Å²) >= 11 is 0. The van der Waals surface area contributed by atoms with Crippen molar-refractivity contribution in [3.05, 3.63) is 35.4 Å². The molecule has 0 aromatic heterocycles. The summed E-state index contributed by atoms with van der Waals surface area (Å²) < 4.78 is 0. The van der Waals surface area contributed by atoms with Gasteiger partial charge in [0.15, 0.2) is 5.96 Å². The van der Waals surface area contributed by atoms with Crippen molar-refractivity contribution in [1.82, 2.24) is 16.0 Å². The lowest BCUT2D eigenvalue weighted by Crippen LogP contribution is -2.42. The minimum absolute atomic E-state index is 0. The predicted octanol–water partition coefficient (Wildman–Crippen LogP) is 2.41. The molecule has 6 heteroatoms. The van der Waals surface area contributed by atoms with Crippen molar-refractivity contribution in [3.8, 4) is 0 Å². The second kappa shape index (κ2) is 10.5. The van der Waals surface area contributed by atoms with E-state index in [2.05, 4.69) is 59.1 Å². The third-order valence-corrected chi connectivity index (χ3v) is 4.08. The van der Waals surface area contributed by atoms with E-state index in [4.69, 9.17) is 0 Å². The summed E-state index contributed by atoms with van der Waals surface area (Å²) in [4.78, 5) is 15.8. The van der Waals surface area contributed by atoms with Gasteiger partial charge < -0.3 is 16.0 Å². The van der Waals surface area contributed by atoms with Crippen molar-refractivity contribution in [3.63, 3.8) is 0 Å². The Labute approximate surface area is 162 Å². The van der Waals surface area contributed by atoms with E-state index in [0.29, 0.717) is 19.0 Å². The number of amides is 1. The van der Waals surface area contributed by atoms with Crippen LogP contribution < -0.4 is 16.0 Å². The number of halogens is 1. The molecule has 1 fully saturated rings. The van der Waals surface area contributed by atoms with E-state index >= 15 is 0 Å². The molecule has 134 valence electrons. The van der Waals surface area contributed by atoms with Gasteiger partial charge in [-0.05, 0) is 31.2 Å². The van der Waals surface area contributed by atoms with Crippen LogP contribution in [0, 0.1) is 12.8 Å². The smallest absolute Gasteiger partial charge is 0.223 e. The third kappa shape index (κ3) is 7.07. The second-order valence-corrected chi connectivity index (χ2v) is 6.26. The molecular weight excluding hydrogens is 415 g/mol. The van der Waals surface area contributed by atoms with Gasteiger partial charge in [-0.1, -0.05) is 36.8 Å². The highest BCUT2D eigenvalue weighted by Crippen LogP contribution is 2.28. The van der Waals surface area contributed by atoms with Gasteiger partial charge >= 0.3 is 0 Å². The number of hydrogen-bond donors (Lipinski definition) is 3. The van der Waals surface area contributed by atoms with Gasteiger partial charge in [-0.15, -0.1) is 24.0 Å². The molecule has 0 saturated heterocycles. The fourth-order valence-electron chi connectivity index (χ4n) is 2.42. The minimum atomic E-state index is 0. The van der Waals surface area contributed by atoms with Gasteiger partial charge in [-0.25, -0.2) is 0 Å². The van der Waals surface area contributed by atoms with E-state index < -0.39 is 0 Å². The summed E-state index contributed by atoms with van der Waals surface area (Å²) in [5.41, 5.74) is 2.60. The Kier molecular flexibility index (Phi) is 9.10. The van der Waals surface area contributed by atoms with Crippen LogP contribution >= 0.6 is 24.0 Å². The maximum atomic E-state index is 11.5. The molecule has 1 aliphatic rings. The van der Waals surface area contributed by atoms with Crippen LogP contribution in [-0.4, -0.2) is 38.5 Å². The molecular formula is C18H29IN4O. The number of carbonyl (C=O) groups excluding carboxylic acids is 1. The Morgan fingerprint density at radius 3 is 2.58 bits per heavy atom. The van der Waals surface area contributed by atoms with Crippen LogP contribution in [0.25, 0.3) is 0 Å². The first-order chi connectivity index (χ1) is 11.1. The van der Waals surface area contributed by atoms with Crippen LogP contribution in [0.15, 0.2) is 29.3 Å². The number of aliphatic imine (C=N–C) groups is 1. The van der Waals surface area contributed by atoms with E-state index in [1.54, 1.807) is 7.05 Å². The quantitative estimate of drug-likeness (QED) is 0.262. The fourth-order valence-corrected chi connectivity index (χ4v) is 2.42. The van der Waals surface area contributed by atoms with Crippen LogP contribution in [0.3, 0.4) is 0 Å². The lowest BCUT2D eigenvalue weighted by atomic mass is 9.99. The summed E-state index contributed by atoms with van der Waals surface area (Å²) in [6.07, 6.45) is 2.08. The molecule has 0 aliphatic heterocycles. The van der Waals surface area contributed by atoms with Crippen LogP contribution in [0.1, 0.15) is 36.8 Å². The van der Waals surface area contributed by atoms with Crippen LogP contribution in [0.2, 0.25) is 0 Å². The molecule has 24 heavy (non-hydrogen) atoms. The zero-order valence-electron chi connectivity index (χ0n) is 14.8. The summed E-state index contributed by atoms with van der Waals surface area (Å²) in [5.74, 6) is 1.62. The maximum absolute atomic E-state index is 11.5. The van der Waals surface area contributed by atoms with Crippen molar-refractivity contribution < 1.29 is 4.79 Å². The van der Waals surface area contributed by atoms with Gasteiger partial charge in [0.05, 0.1) is 0 Å². The van der Waals surface area contributed by atoms with Gasteiger partial charge in [0.1, 0.15) is 0 Å². The normalized spacial score (nSPS) is 15.2. The zero-order chi connectivity index (χ0) is 16.7. The molecule has 1 amide bonds. The van der Waals surface area contributed by atoms with Crippen molar-refractivity contribution in [2.24, 2.45) is 10.9 Å². The Balaban J connectivity index is 0.00000288. The standard InChI is InChI=1S/C18H28N4O.HI/c1-13-5-4-6-16(11-13)14(2)12-22-18(19-3)21-10-9-20-17(23)15-7-8-15;/h4-6,11,14-15H,7-10,12H2,1-3H3,(H,20,23)(H2,19,21,22);1H. The lowest BCUT2D eigenvalue weighted by molar-refractivity contribution is -0.122. The largest absolute Gasteiger partial charge is 0.356 e.